The normalized spacial score (nSPS) is 31.6. The zero-order valence-corrected chi connectivity index (χ0v) is 20.3. The Morgan fingerprint density at radius 2 is 1.68 bits per heavy atom. The molecule has 34 heavy (non-hydrogen) atoms. The lowest BCUT2D eigenvalue weighted by Gasteiger charge is -2.45. The van der Waals surface area contributed by atoms with E-state index in [0.717, 1.165) is 43.4 Å². The highest BCUT2D eigenvalue weighted by molar-refractivity contribution is 5.75. The largest absolute Gasteiger partial charge is 0.486 e. The van der Waals surface area contributed by atoms with Crippen LogP contribution in [-0.2, 0) is 4.79 Å². The number of hydrogen-bond acceptors (Lipinski definition) is 3. The molecule has 0 N–H and O–H groups in total. The molecule has 3 fully saturated rings. The van der Waals surface area contributed by atoms with Crippen molar-refractivity contribution in [2.45, 2.75) is 71.1 Å². The van der Waals surface area contributed by atoms with Gasteiger partial charge in [0.25, 0.3) is 0 Å². The van der Waals surface area contributed by atoms with Crippen LogP contribution < -0.4 is 9.47 Å². The van der Waals surface area contributed by atoms with Crippen LogP contribution in [0.1, 0.15) is 71.1 Å². The van der Waals surface area contributed by atoms with Gasteiger partial charge in [0.2, 0.25) is 11.6 Å². The van der Waals surface area contributed by atoms with Gasteiger partial charge in [0, 0.05) is 0 Å². The van der Waals surface area contributed by atoms with Crippen LogP contribution in [-0.4, -0.2) is 12.6 Å². The molecule has 0 spiro atoms. The average molecular weight is 473 g/mol. The molecule has 0 bridgehead atoms. The summed E-state index contributed by atoms with van der Waals surface area (Å²) in [5, 5.41) is 0. The van der Waals surface area contributed by atoms with Crippen molar-refractivity contribution in [3.63, 3.8) is 0 Å². The average Bonchev–Trinajstić information content (AvgIpc) is 2.86. The van der Waals surface area contributed by atoms with Crippen molar-refractivity contribution in [3.8, 4) is 11.5 Å². The Morgan fingerprint density at radius 1 is 0.971 bits per heavy atom. The summed E-state index contributed by atoms with van der Waals surface area (Å²) in [6.07, 6.45) is 17.6. The monoisotopic (exact) mass is 472 g/mol. The highest BCUT2D eigenvalue weighted by Gasteiger charge is 2.43. The Labute approximate surface area is 202 Å². The third-order valence-corrected chi connectivity index (χ3v) is 8.52. The van der Waals surface area contributed by atoms with Crippen LogP contribution in [0.4, 0.5) is 8.78 Å². The Bertz CT molecular complexity index is 888. The van der Waals surface area contributed by atoms with Crippen molar-refractivity contribution in [2.24, 2.45) is 35.5 Å². The molecule has 3 aliphatic carbocycles. The maximum absolute atomic E-state index is 14.5. The van der Waals surface area contributed by atoms with Crippen LogP contribution in [0.3, 0.4) is 0 Å². The van der Waals surface area contributed by atoms with Gasteiger partial charge in [0.1, 0.15) is 6.61 Å². The summed E-state index contributed by atoms with van der Waals surface area (Å²) in [5.74, 6) is -0.393. The molecule has 4 atom stereocenters. The molecule has 0 aromatic heterocycles. The summed E-state index contributed by atoms with van der Waals surface area (Å²) >= 11 is 0. The zero-order chi connectivity index (χ0) is 24.1. The molecule has 3 nitrogen and oxygen atoms in total. The van der Waals surface area contributed by atoms with Crippen molar-refractivity contribution in [2.75, 3.05) is 6.61 Å². The van der Waals surface area contributed by atoms with Gasteiger partial charge >= 0.3 is 5.97 Å². The van der Waals surface area contributed by atoms with Crippen molar-refractivity contribution in [1.82, 2.24) is 0 Å². The number of hydrogen-bond donors (Lipinski definition) is 0. The first kappa shape index (κ1) is 24.9. The Hall–Kier alpha value is -2.17. The Balaban J connectivity index is 1.36. The lowest BCUT2D eigenvalue weighted by atomic mass is 9.59. The number of ether oxygens (including phenoxy) is 2. The van der Waals surface area contributed by atoms with E-state index in [0.29, 0.717) is 11.8 Å². The van der Waals surface area contributed by atoms with Gasteiger partial charge in [-0.05, 0) is 100 Å². The molecule has 1 aromatic carbocycles. The molecule has 186 valence electrons. The summed E-state index contributed by atoms with van der Waals surface area (Å²) in [6.45, 7) is 5.67. The highest BCUT2D eigenvalue weighted by Crippen LogP contribution is 2.50. The quantitative estimate of drug-likeness (QED) is 0.232. The summed E-state index contributed by atoms with van der Waals surface area (Å²) in [7, 11) is 0. The first-order valence-corrected chi connectivity index (χ1v) is 13.1. The molecule has 0 amide bonds. The maximum Gasteiger partial charge on any atom is 0.314 e. The van der Waals surface area contributed by atoms with Gasteiger partial charge in [-0.1, -0.05) is 37.6 Å². The first-order chi connectivity index (χ1) is 16.5. The number of benzene rings is 1. The molecule has 0 heterocycles. The number of fused-ring (bicyclic) bond motifs is 1. The molecule has 1 aromatic rings. The van der Waals surface area contributed by atoms with Crippen molar-refractivity contribution in [1.29, 1.82) is 0 Å². The van der Waals surface area contributed by atoms with Gasteiger partial charge in [0.15, 0.2) is 11.5 Å². The van der Waals surface area contributed by atoms with E-state index >= 15 is 0 Å². The Kier molecular flexibility index (Phi) is 8.44. The minimum atomic E-state index is -1.18. The topological polar surface area (TPSA) is 35.5 Å². The van der Waals surface area contributed by atoms with Gasteiger partial charge in [-0.2, -0.15) is 8.78 Å². The van der Waals surface area contributed by atoms with Crippen molar-refractivity contribution in [3.05, 3.63) is 48.6 Å². The third kappa shape index (κ3) is 5.55. The third-order valence-electron chi connectivity index (χ3n) is 8.52. The Morgan fingerprint density at radius 3 is 2.41 bits per heavy atom. The van der Waals surface area contributed by atoms with E-state index in [1.54, 1.807) is 0 Å². The van der Waals surface area contributed by atoms with Crippen LogP contribution in [0.2, 0.25) is 0 Å². The van der Waals surface area contributed by atoms with Gasteiger partial charge in [-0.3, -0.25) is 4.79 Å². The van der Waals surface area contributed by atoms with E-state index in [1.807, 2.05) is 0 Å². The van der Waals surface area contributed by atoms with Gasteiger partial charge in [0.05, 0.1) is 5.92 Å². The van der Waals surface area contributed by atoms with E-state index in [1.165, 1.54) is 56.7 Å². The predicted octanol–water partition coefficient (Wildman–Crippen LogP) is 7.65. The molecule has 0 radical (unpaired) electrons. The maximum atomic E-state index is 14.5. The molecular weight excluding hydrogens is 434 g/mol. The lowest BCUT2D eigenvalue weighted by Crippen LogP contribution is -2.40. The second kappa shape index (κ2) is 11.5. The van der Waals surface area contributed by atoms with E-state index < -0.39 is 17.6 Å². The fourth-order valence-corrected chi connectivity index (χ4v) is 6.84. The second-order valence-electron chi connectivity index (χ2n) is 10.4. The van der Waals surface area contributed by atoms with Crippen molar-refractivity contribution < 1.29 is 23.0 Å². The summed E-state index contributed by atoms with van der Waals surface area (Å²) in [5.41, 5.74) is 0. The molecule has 3 aliphatic rings. The fraction of sp³-hybridized carbons (Fsp3) is 0.621. The van der Waals surface area contributed by atoms with E-state index in [2.05, 4.69) is 25.7 Å². The standard InChI is InChI=1S/C29H38F2O3/c1-3-6-19-9-11-20(12-10-19)21-13-14-23-22(18-21)7-5-8-24(23)29(32)34-26-16-15-25(33-17-4-2)27(30)28(26)31/h3-4,6,15-16,19-24H,2,5,7-14,17-18H2,1H3/b6-3+. The summed E-state index contributed by atoms with van der Waals surface area (Å²) in [6, 6.07) is 2.57. The van der Waals surface area contributed by atoms with Crippen LogP contribution in [0.25, 0.3) is 0 Å². The van der Waals surface area contributed by atoms with E-state index in [9.17, 15) is 13.6 Å². The SMILES string of the molecule is C=CCOc1ccc(OC(=O)C2CCCC3CC(C4CCC(/C=C/C)CC4)CCC32)c(F)c1F. The predicted molar refractivity (Wildman–Crippen MR) is 130 cm³/mol. The van der Waals surface area contributed by atoms with Crippen LogP contribution in [0.15, 0.2) is 36.9 Å². The lowest BCUT2D eigenvalue weighted by molar-refractivity contribution is -0.144. The highest BCUT2D eigenvalue weighted by atomic mass is 19.2. The first-order valence-electron chi connectivity index (χ1n) is 13.1. The van der Waals surface area contributed by atoms with Crippen molar-refractivity contribution >= 4 is 5.97 Å². The summed E-state index contributed by atoms with van der Waals surface area (Å²) in [4.78, 5) is 13.1. The zero-order valence-electron chi connectivity index (χ0n) is 20.3. The number of rotatable bonds is 7. The summed E-state index contributed by atoms with van der Waals surface area (Å²) < 4.78 is 39.4. The number of carbonyl (C=O) groups excluding carboxylic acids is 1. The van der Waals surface area contributed by atoms with E-state index in [-0.39, 0.29) is 24.0 Å². The van der Waals surface area contributed by atoms with Crippen LogP contribution in [0.5, 0.6) is 11.5 Å². The minimum absolute atomic E-state index is 0.0683. The minimum Gasteiger partial charge on any atom is -0.486 e. The number of halogens is 2. The van der Waals surface area contributed by atoms with Crippen LogP contribution in [0, 0.1) is 47.1 Å². The van der Waals surface area contributed by atoms with Gasteiger partial charge < -0.3 is 9.47 Å². The molecule has 5 heteroatoms. The molecule has 4 rings (SSSR count). The van der Waals surface area contributed by atoms with Gasteiger partial charge in [-0.25, -0.2) is 0 Å². The smallest absolute Gasteiger partial charge is 0.314 e. The van der Waals surface area contributed by atoms with E-state index in [4.69, 9.17) is 9.47 Å². The second-order valence-corrected chi connectivity index (χ2v) is 10.4. The molecule has 4 unspecified atom stereocenters. The number of esters is 1. The van der Waals surface area contributed by atoms with Crippen LogP contribution >= 0.6 is 0 Å². The molecular formula is C29H38F2O3. The van der Waals surface area contributed by atoms with Gasteiger partial charge in [-0.15, -0.1) is 0 Å². The molecule has 3 saturated carbocycles. The number of allylic oxidation sites excluding steroid dienone is 2. The fourth-order valence-electron chi connectivity index (χ4n) is 6.84. The molecule has 0 aliphatic heterocycles. The number of carbonyl (C=O) groups is 1. The molecule has 0 saturated heterocycles.